The molecule has 0 saturated carbocycles. The van der Waals surface area contributed by atoms with E-state index in [1.54, 1.807) is 0 Å². The largest absolute Gasteiger partial charge is 0.543 e. The summed E-state index contributed by atoms with van der Waals surface area (Å²) in [6.45, 7) is 0. The highest BCUT2D eigenvalue weighted by atomic mass is 19.1. The first-order valence-electron chi connectivity index (χ1n) is 4.22. The zero-order chi connectivity index (χ0) is 11.5. The van der Waals surface area contributed by atoms with Crippen molar-refractivity contribution in [3.8, 4) is 11.6 Å². The summed E-state index contributed by atoms with van der Waals surface area (Å²) < 4.78 is 17.7. The summed E-state index contributed by atoms with van der Waals surface area (Å²) in [5.41, 5.74) is -0.371. The van der Waals surface area contributed by atoms with Gasteiger partial charge in [0.25, 0.3) is 5.88 Å². The van der Waals surface area contributed by atoms with Crippen molar-refractivity contribution in [3.05, 3.63) is 35.8 Å². The average Bonchev–Trinajstić information content (AvgIpc) is 2.69. The van der Waals surface area contributed by atoms with E-state index in [1.165, 1.54) is 24.3 Å². The number of aromatic amines is 1. The van der Waals surface area contributed by atoms with Gasteiger partial charge in [0, 0.05) is 0 Å². The fraction of sp³-hybridized carbons (Fsp3) is 0. The van der Waals surface area contributed by atoms with Crippen LogP contribution in [0.15, 0.2) is 24.3 Å². The van der Waals surface area contributed by atoms with Gasteiger partial charge in [-0.2, -0.15) is 0 Å². The van der Waals surface area contributed by atoms with Gasteiger partial charge in [-0.15, -0.1) is 0 Å². The quantitative estimate of drug-likeness (QED) is 0.795. The number of carboxylic acid groups (broad SMARTS) is 1. The summed E-state index contributed by atoms with van der Waals surface area (Å²) in [6.07, 6.45) is 0. The van der Waals surface area contributed by atoms with E-state index in [-0.39, 0.29) is 17.3 Å². The number of hydrogen-bond donors (Lipinski definition) is 1. The molecule has 2 aromatic rings. The molecular weight excluding hydrogens is 217 g/mol. The Labute approximate surface area is 88.7 Å². The third-order valence-electron chi connectivity index (χ3n) is 1.75. The number of carbonyl (C=O) groups is 1. The van der Waals surface area contributed by atoms with Crippen molar-refractivity contribution in [1.82, 2.24) is 15.4 Å². The monoisotopic (exact) mass is 222 g/mol. The lowest BCUT2D eigenvalue weighted by Gasteiger charge is -2.04. The van der Waals surface area contributed by atoms with Crippen LogP contribution in [0.2, 0.25) is 0 Å². The summed E-state index contributed by atoms with van der Waals surface area (Å²) in [4.78, 5) is 10.6. The number of benzene rings is 1. The van der Waals surface area contributed by atoms with Crippen LogP contribution >= 0.6 is 0 Å². The van der Waals surface area contributed by atoms with Gasteiger partial charge in [0.1, 0.15) is 17.3 Å². The van der Waals surface area contributed by atoms with Crippen molar-refractivity contribution in [2.45, 2.75) is 0 Å². The number of rotatable bonds is 3. The van der Waals surface area contributed by atoms with Gasteiger partial charge in [-0.05, 0) is 24.3 Å². The molecule has 0 aliphatic carbocycles. The molecule has 1 aromatic carbocycles. The molecule has 0 radical (unpaired) electrons. The summed E-state index contributed by atoms with van der Waals surface area (Å²) in [5, 5.41) is 19.4. The number of carboxylic acids is 1. The number of carbonyl (C=O) groups excluding carboxylic acids is 1. The molecule has 0 fully saturated rings. The van der Waals surface area contributed by atoms with Crippen LogP contribution in [0.5, 0.6) is 11.6 Å². The van der Waals surface area contributed by atoms with Crippen LogP contribution in [0.3, 0.4) is 0 Å². The van der Waals surface area contributed by atoms with Gasteiger partial charge in [-0.1, -0.05) is 10.3 Å². The summed E-state index contributed by atoms with van der Waals surface area (Å²) in [7, 11) is 0. The topological polar surface area (TPSA) is 90.9 Å². The lowest BCUT2D eigenvalue weighted by atomic mass is 10.3. The maximum Gasteiger partial charge on any atom is 0.268 e. The number of nitrogens with one attached hydrogen (secondary N) is 1. The molecule has 1 N–H and O–H groups in total. The van der Waals surface area contributed by atoms with Gasteiger partial charge >= 0.3 is 0 Å². The molecule has 1 heterocycles. The molecular formula is C9H5FN3O3-. The molecule has 6 nitrogen and oxygen atoms in total. The second-order valence-corrected chi connectivity index (χ2v) is 2.84. The summed E-state index contributed by atoms with van der Waals surface area (Å²) in [5.74, 6) is -1.89. The van der Waals surface area contributed by atoms with Crippen LogP contribution in [0.1, 0.15) is 10.5 Å². The van der Waals surface area contributed by atoms with Crippen molar-refractivity contribution in [2.24, 2.45) is 0 Å². The van der Waals surface area contributed by atoms with Gasteiger partial charge in [-0.25, -0.2) is 4.39 Å². The number of ether oxygens (including phenoxy) is 1. The van der Waals surface area contributed by atoms with Crippen LogP contribution in [0, 0.1) is 5.82 Å². The summed E-state index contributed by atoms with van der Waals surface area (Å²) in [6, 6.07) is 5.02. The zero-order valence-corrected chi connectivity index (χ0v) is 7.81. The maximum absolute atomic E-state index is 12.6. The Morgan fingerprint density at radius 2 is 2.06 bits per heavy atom. The molecule has 0 amide bonds. The number of aromatic carboxylic acids is 1. The number of H-pyrrole nitrogens is 1. The van der Waals surface area contributed by atoms with Gasteiger partial charge in [0.05, 0.1) is 5.97 Å². The smallest absolute Gasteiger partial charge is 0.268 e. The van der Waals surface area contributed by atoms with Crippen molar-refractivity contribution in [3.63, 3.8) is 0 Å². The molecule has 0 bridgehead atoms. The van der Waals surface area contributed by atoms with E-state index >= 15 is 0 Å². The molecule has 16 heavy (non-hydrogen) atoms. The van der Waals surface area contributed by atoms with E-state index in [0.717, 1.165) is 0 Å². The van der Waals surface area contributed by atoms with E-state index in [1.807, 2.05) is 0 Å². The zero-order valence-electron chi connectivity index (χ0n) is 7.81. The highest BCUT2D eigenvalue weighted by Gasteiger charge is 2.10. The highest BCUT2D eigenvalue weighted by Crippen LogP contribution is 2.20. The lowest BCUT2D eigenvalue weighted by Crippen LogP contribution is -2.23. The first kappa shape index (κ1) is 10.1. The van der Waals surface area contributed by atoms with Gasteiger partial charge in [0.2, 0.25) is 0 Å². The molecule has 2 rings (SSSR count). The minimum atomic E-state index is -1.48. The lowest BCUT2D eigenvalue weighted by molar-refractivity contribution is -0.255. The minimum absolute atomic E-state index is 0.230. The van der Waals surface area contributed by atoms with Crippen LogP contribution in [0.25, 0.3) is 0 Å². The molecule has 0 aliphatic rings. The van der Waals surface area contributed by atoms with Gasteiger partial charge in [-0.3, -0.25) is 5.10 Å². The number of aromatic nitrogens is 3. The predicted octanol–water partition coefficient (Wildman–Crippen LogP) is 0.0996. The van der Waals surface area contributed by atoms with Crippen molar-refractivity contribution in [2.75, 3.05) is 0 Å². The Morgan fingerprint density at radius 3 is 2.69 bits per heavy atom. The van der Waals surface area contributed by atoms with Crippen LogP contribution < -0.4 is 9.84 Å². The predicted molar refractivity (Wildman–Crippen MR) is 47.2 cm³/mol. The fourth-order valence-electron chi connectivity index (χ4n) is 1.04. The second kappa shape index (κ2) is 3.97. The molecule has 0 unspecified atom stereocenters. The van der Waals surface area contributed by atoms with Crippen LogP contribution in [-0.2, 0) is 0 Å². The third-order valence-corrected chi connectivity index (χ3v) is 1.75. The first-order valence-corrected chi connectivity index (χ1v) is 4.22. The van der Waals surface area contributed by atoms with E-state index < -0.39 is 11.8 Å². The highest BCUT2D eigenvalue weighted by molar-refractivity contribution is 5.85. The Bertz CT molecular complexity index is 509. The molecule has 0 spiro atoms. The summed E-state index contributed by atoms with van der Waals surface area (Å²) >= 11 is 0. The van der Waals surface area contributed by atoms with Crippen molar-refractivity contribution < 1.29 is 19.0 Å². The van der Waals surface area contributed by atoms with Crippen LogP contribution in [-0.4, -0.2) is 21.4 Å². The second-order valence-electron chi connectivity index (χ2n) is 2.84. The molecule has 7 heteroatoms. The first-order chi connectivity index (χ1) is 7.66. The van der Waals surface area contributed by atoms with Gasteiger partial charge in [0.15, 0.2) is 0 Å². The van der Waals surface area contributed by atoms with Gasteiger partial charge < -0.3 is 14.6 Å². The molecule has 82 valence electrons. The number of nitrogens with zero attached hydrogens (tertiary/aromatic N) is 2. The Morgan fingerprint density at radius 1 is 1.38 bits per heavy atom. The average molecular weight is 222 g/mol. The standard InChI is InChI=1S/C9H6FN3O3/c10-5-1-3-6(4-2-5)16-8-7(9(14)15)11-13-12-8/h1-4H,(H,14,15)(H,11,12,13)/p-1. The number of halogens is 1. The minimum Gasteiger partial charge on any atom is -0.543 e. The Hall–Kier alpha value is -2.44. The van der Waals surface area contributed by atoms with E-state index in [2.05, 4.69) is 15.4 Å². The molecule has 0 atom stereocenters. The third kappa shape index (κ3) is 1.97. The normalized spacial score (nSPS) is 10.1. The number of hydrogen-bond acceptors (Lipinski definition) is 5. The maximum atomic E-state index is 12.6. The fourth-order valence-corrected chi connectivity index (χ4v) is 1.04. The molecule has 1 aromatic heterocycles. The van der Waals surface area contributed by atoms with E-state index in [4.69, 9.17) is 4.74 Å². The van der Waals surface area contributed by atoms with E-state index in [0.29, 0.717) is 0 Å². The van der Waals surface area contributed by atoms with Crippen molar-refractivity contribution in [1.29, 1.82) is 0 Å². The Balaban J connectivity index is 2.23. The SMILES string of the molecule is O=C([O-])c1[nH]nnc1Oc1ccc(F)cc1. The molecule has 0 saturated heterocycles. The van der Waals surface area contributed by atoms with E-state index in [9.17, 15) is 14.3 Å². The van der Waals surface area contributed by atoms with Crippen LogP contribution in [0.4, 0.5) is 4.39 Å². The molecule has 0 aliphatic heterocycles. The van der Waals surface area contributed by atoms with Crippen molar-refractivity contribution >= 4 is 5.97 Å². The Kier molecular flexibility index (Phi) is 2.50.